The van der Waals surface area contributed by atoms with Gasteiger partial charge in [0.2, 0.25) is 0 Å². The van der Waals surface area contributed by atoms with Crippen molar-refractivity contribution in [2.24, 2.45) is 11.8 Å². The van der Waals surface area contributed by atoms with Crippen LogP contribution in [-0.4, -0.2) is 29.5 Å². The minimum absolute atomic E-state index is 0.345. The van der Waals surface area contributed by atoms with Crippen LogP contribution in [0, 0.1) is 25.7 Å². The van der Waals surface area contributed by atoms with Gasteiger partial charge in [-0.2, -0.15) is 52.7 Å². The Kier molecular flexibility index (Phi) is 14.9. The van der Waals surface area contributed by atoms with E-state index < -0.39 is 54.8 Å². The van der Waals surface area contributed by atoms with Crippen molar-refractivity contribution in [3.63, 3.8) is 0 Å². The normalized spacial score (nSPS) is 15.6. The number of alkyl halides is 14. The second-order valence-corrected chi connectivity index (χ2v) is 10.3. The summed E-state index contributed by atoms with van der Waals surface area (Å²) >= 11 is 7.83. The first kappa shape index (κ1) is 38.4. The molecule has 0 aliphatic rings. The highest BCUT2D eigenvalue weighted by molar-refractivity contribution is 9.09. The lowest BCUT2D eigenvalue weighted by atomic mass is 9.83. The third-order valence-electron chi connectivity index (χ3n) is 5.86. The van der Waals surface area contributed by atoms with Crippen molar-refractivity contribution in [3.8, 4) is 0 Å². The zero-order chi connectivity index (χ0) is 31.7. The van der Waals surface area contributed by atoms with Gasteiger partial charge in [0, 0.05) is 0 Å². The zero-order valence-electron chi connectivity index (χ0n) is 21.6. The topological polar surface area (TPSA) is 0 Å². The number of benzene rings is 2. The van der Waals surface area contributed by atoms with Crippen LogP contribution in [0.3, 0.4) is 0 Å². The first-order chi connectivity index (χ1) is 18.0. The van der Waals surface area contributed by atoms with E-state index in [1.54, 1.807) is 13.8 Å². The van der Waals surface area contributed by atoms with Gasteiger partial charge in [-0.15, -0.1) is 11.6 Å². The van der Waals surface area contributed by atoms with Gasteiger partial charge in [-0.25, -0.2) is 0 Å². The fourth-order valence-corrected chi connectivity index (χ4v) is 3.80. The fraction of sp³-hybridized carbons (Fsp3) is 0.538. The van der Waals surface area contributed by atoms with Crippen LogP contribution in [0.2, 0.25) is 0 Å². The Morgan fingerprint density at radius 2 is 0.900 bits per heavy atom. The quantitative estimate of drug-likeness (QED) is 0.217. The van der Waals surface area contributed by atoms with Crippen LogP contribution in [0.4, 0.5) is 52.7 Å². The molecular weight excluding hydrogens is 656 g/mol. The molecule has 2 aromatic rings. The number of rotatable bonds is 5. The number of halogens is 14. The van der Waals surface area contributed by atoms with Crippen LogP contribution in [0.1, 0.15) is 54.4 Å². The molecule has 2 aromatic carbocycles. The van der Waals surface area contributed by atoms with E-state index in [1.807, 2.05) is 0 Å². The summed E-state index contributed by atoms with van der Waals surface area (Å²) in [5.74, 6) is -9.94. The van der Waals surface area contributed by atoms with Crippen molar-refractivity contribution >= 4 is 27.5 Å². The minimum atomic E-state index is -4.93. The molecule has 0 bridgehead atoms. The molecule has 0 N–H and O–H groups in total. The number of hydrogen-bond acceptors (Lipinski definition) is 0. The Hall–Kier alpha value is -1.63. The van der Waals surface area contributed by atoms with Gasteiger partial charge >= 0.3 is 24.7 Å². The number of hydrogen-bond donors (Lipinski definition) is 0. The molecule has 0 radical (unpaired) electrons. The summed E-state index contributed by atoms with van der Waals surface area (Å²) in [6.07, 6.45) is -20.2. The molecule has 40 heavy (non-hydrogen) atoms. The SMILES string of the molecule is CC[C@H]([C@@H](c1ccc(C)cc1)C(F)(F)F)C(F)(F)F.Cc1ccc([C@H]([C@@H](C)C(F)(F)F)C(F)(F)F)cc1.ClCBr. The standard InChI is InChI=1S/C13H14F6.C12H12F6.CH2BrCl/c1-3-10(12(14,15)16)11(13(17,18)19)9-6-4-8(2)5-7-9;1-7-3-5-9(6-4-7)10(12(16,17)18)8(2)11(13,14)15;2-1-3/h4-7,10-11H,3H2,1-2H3;3-6,8,10H,1-2H3;1H2/t10-,11-;8-,10+;/m11./s1. The van der Waals surface area contributed by atoms with Crippen molar-refractivity contribution in [2.75, 3.05) is 4.79 Å². The third-order valence-corrected chi connectivity index (χ3v) is 5.86. The monoisotopic (exact) mass is 682 g/mol. The Balaban J connectivity index is 0.000000693. The van der Waals surface area contributed by atoms with Crippen LogP contribution < -0.4 is 0 Å². The van der Waals surface area contributed by atoms with Crippen molar-refractivity contribution in [3.05, 3.63) is 70.8 Å². The van der Waals surface area contributed by atoms with E-state index >= 15 is 0 Å². The summed E-state index contributed by atoms with van der Waals surface area (Å²) in [5.41, 5.74) is 0.685. The van der Waals surface area contributed by atoms with Gasteiger partial charge in [0.15, 0.2) is 0 Å². The van der Waals surface area contributed by atoms with E-state index in [1.165, 1.54) is 24.3 Å². The second kappa shape index (κ2) is 15.6. The Bertz CT molecular complexity index is 978. The maximum Gasteiger partial charge on any atom is 0.396 e. The van der Waals surface area contributed by atoms with Gasteiger partial charge in [-0.05, 0) is 31.4 Å². The molecule has 4 atom stereocenters. The lowest BCUT2D eigenvalue weighted by Crippen LogP contribution is -2.36. The molecule has 0 saturated carbocycles. The van der Waals surface area contributed by atoms with Crippen molar-refractivity contribution < 1.29 is 52.7 Å². The summed E-state index contributed by atoms with van der Waals surface area (Å²) in [6, 6.07) is 9.93. The van der Waals surface area contributed by atoms with Gasteiger partial charge in [0.05, 0.1) is 28.5 Å². The average molecular weight is 684 g/mol. The van der Waals surface area contributed by atoms with Gasteiger partial charge in [0.25, 0.3) is 0 Å². The summed E-state index contributed by atoms with van der Waals surface area (Å²) < 4.78 is 153. The molecular formula is C26H28BrClF12. The lowest BCUT2D eigenvalue weighted by Gasteiger charge is -2.30. The Morgan fingerprint density at radius 3 is 1.12 bits per heavy atom. The van der Waals surface area contributed by atoms with Gasteiger partial charge < -0.3 is 0 Å². The summed E-state index contributed by atoms with van der Waals surface area (Å²) in [4.78, 5) is 0.535. The van der Waals surface area contributed by atoms with Crippen LogP contribution in [0.5, 0.6) is 0 Å². The highest BCUT2D eigenvalue weighted by Crippen LogP contribution is 2.48. The minimum Gasteiger partial charge on any atom is -0.171 e. The molecule has 0 fully saturated rings. The third kappa shape index (κ3) is 12.5. The highest BCUT2D eigenvalue weighted by atomic mass is 79.9. The van der Waals surface area contributed by atoms with Crippen LogP contribution in [0.15, 0.2) is 48.5 Å². The fourth-order valence-electron chi connectivity index (χ4n) is 3.80. The molecule has 0 unspecified atom stereocenters. The Labute approximate surface area is 238 Å². The van der Waals surface area contributed by atoms with E-state index in [0.717, 1.165) is 31.2 Å². The van der Waals surface area contributed by atoms with Crippen molar-refractivity contribution in [1.82, 2.24) is 0 Å². The van der Waals surface area contributed by atoms with Crippen molar-refractivity contribution in [2.45, 2.75) is 70.7 Å². The molecule has 0 nitrogen and oxygen atoms in total. The highest BCUT2D eigenvalue weighted by Gasteiger charge is 2.55. The van der Waals surface area contributed by atoms with Crippen LogP contribution in [0.25, 0.3) is 0 Å². The van der Waals surface area contributed by atoms with E-state index in [9.17, 15) is 52.7 Å². The van der Waals surface area contributed by atoms with Gasteiger partial charge in [0.1, 0.15) is 0 Å². The predicted octanol–water partition coefficient (Wildman–Crippen LogP) is 11.6. The van der Waals surface area contributed by atoms with E-state index in [-0.39, 0.29) is 11.1 Å². The molecule has 0 spiro atoms. The van der Waals surface area contributed by atoms with Gasteiger partial charge in [-0.3, -0.25) is 0 Å². The molecule has 0 saturated heterocycles. The maximum absolute atomic E-state index is 13.0. The van der Waals surface area contributed by atoms with Crippen LogP contribution in [-0.2, 0) is 0 Å². The largest absolute Gasteiger partial charge is 0.396 e. The molecule has 14 heteroatoms. The lowest BCUT2D eigenvalue weighted by molar-refractivity contribution is -0.233. The van der Waals surface area contributed by atoms with E-state index in [2.05, 4.69) is 15.9 Å². The zero-order valence-corrected chi connectivity index (χ0v) is 24.0. The van der Waals surface area contributed by atoms with Crippen LogP contribution >= 0.6 is 27.5 Å². The van der Waals surface area contributed by atoms with Crippen molar-refractivity contribution in [1.29, 1.82) is 0 Å². The first-order valence-corrected chi connectivity index (χ1v) is 13.2. The first-order valence-electron chi connectivity index (χ1n) is 11.5. The second-order valence-electron chi connectivity index (χ2n) is 8.85. The summed E-state index contributed by atoms with van der Waals surface area (Å²) in [5, 5.41) is 0. The van der Waals surface area contributed by atoms with E-state index in [0.29, 0.717) is 22.8 Å². The molecule has 2 rings (SSSR count). The Morgan fingerprint density at radius 1 is 0.600 bits per heavy atom. The number of aryl methyl sites for hydroxylation is 2. The molecule has 230 valence electrons. The molecule has 0 aliphatic heterocycles. The summed E-state index contributed by atoms with van der Waals surface area (Å²) in [6.45, 7) is 4.98. The van der Waals surface area contributed by atoms with Gasteiger partial charge in [-0.1, -0.05) is 89.4 Å². The molecule has 0 aliphatic carbocycles. The average Bonchev–Trinajstić information content (AvgIpc) is 2.77. The molecule has 0 amide bonds. The van der Waals surface area contributed by atoms with E-state index in [4.69, 9.17) is 11.6 Å². The smallest absolute Gasteiger partial charge is 0.171 e. The maximum atomic E-state index is 13.0. The molecule has 0 heterocycles. The predicted molar refractivity (Wildman–Crippen MR) is 135 cm³/mol. The summed E-state index contributed by atoms with van der Waals surface area (Å²) in [7, 11) is 0. The molecule has 0 aromatic heterocycles.